The molecular formula is C24H30N2O3. The molecule has 1 saturated heterocycles. The molecule has 3 atom stereocenters. The summed E-state index contributed by atoms with van der Waals surface area (Å²) in [6.07, 6.45) is 4.71. The summed E-state index contributed by atoms with van der Waals surface area (Å²) in [6.45, 7) is 3.45. The minimum Gasteiger partial charge on any atom is -0.497 e. The van der Waals surface area contributed by atoms with E-state index in [1.54, 1.807) is 7.11 Å². The molecule has 1 N–H and O–H groups in total. The van der Waals surface area contributed by atoms with Crippen molar-refractivity contribution in [1.82, 2.24) is 4.90 Å². The molecule has 1 aliphatic carbocycles. The van der Waals surface area contributed by atoms with E-state index in [4.69, 9.17) is 14.2 Å². The number of fused-ring (bicyclic) bond motifs is 2. The number of rotatable bonds is 4. The quantitative estimate of drug-likeness (QED) is 0.829. The van der Waals surface area contributed by atoms with Gasteiger partial charge in [-0.05, 0) is 43.2 Å². The summed E-state index contributed by atoms with van der Waals surface area (Å²) >= 11 is 0. The van der Waals surface area contributed by atoms with Crippen LogP contribution in [0.25, 0.3) is 0 Å². The van der Waals surface area contributed by atoms with E-state index >= 15 is 0 Å². The Bertz CT molecular complexity index is 834. The van der Waals surface area contributed by atoms with Gasteiger partial charge in [-0.15, -0.1) is 0 Å². The molecule has 0 aromatic heterocycles. The second kappa shape index (κ2) is 7.88. The van der Waals surface area contributed by atoms with Gasteiger partial charge in [-0.25, -0.2) is 0 Å². The van der Waals surface area contributed by atoms with Crippen molar-refractivity contribution < 1.29 is 14.2 Å². The van der Waals surface area contributed by atoms with Crippen LogP contribution >= 0.6 is 0 Å². The van der Waals surface area contributed by atoms with E-state index < -0.39 is 0 Å². The SMILES string of the molecule is COc1ccc(NC2c3ccccc3OC3(N4CCOCC4)CCCCC23)cc1. The van der Waals surface area contributed by atoms with Crippen molar-refractivity contribution in [3.63, 3.8) is 0 Å². The topological polar surface area (TPSA) is 43.0 Å². The number of morpholine rings is 1. The molecule has 2 heterocycles. The maximum absolute atomic E-state index is 6.88. The van der Waals surface area contributed by atoms with Crippen molar-refractivity contribution in [3.8, 4) is 11.5 Å². The van der Waals surface area contributed by atoms with Gasteiger partial charge >= 0.3 is 0 Å². The highest BCUT2D eigenvalue weighted by molar-refractivity contribution is 5.51. The molecule has 5 nitrogen and oxygen atoms in total. The molecule has 0 amide bonds. The van der Waals surface area contributed by atoms with Gasteiger partial charge in [-0.1, -0.05) is 24.6 Å². The average molecular weight is 395 g/mol. The highest BCUT2D eigenvalue weighted by Crippen LogP contribution is 2.52. The average Bonchev–Trinajstić information content (AvgIpc) is 2.80. The van der Waals surface area contributed by atoms with E-state index in [9.17, 15) is 0 Å². The van der Waals surface area contributed by atoms with Crippen LogP contribution in [0.3, 0.4) is 0 Å². The lowest BCUT2D eigenvalue weighted by molar-refractivity contribution is -0.184. The Morgan fingerprint density at radius 2 is 1.83 bits per heavy atom. The lowest BCUT2D eigenvalue weighted by atomic mass is 9.71. The molecule has 2 fully saturated rings. The van der Waals surface area contributed by atoms with Crippen LogP contribution in [0, 0.1) is 5.92 Å². The first-order valence-corrected chi connectivity index (χ1v) is 10.8. The Labute approximate surface area is 173 Å². The molecular weight excluding hydrogens is 364 g/mol. The van der Waals surface area contributed by atoms with Crippen LogP contribution in [0.5, 0.6) is 11.5 Å². The number of hydrogen-bond donors (Lipinski definition) is 1. The first-order valence-electron chi connectivity index (χ1n) is 10.8. The summed E-state index contributed by atoms with van der Waals surface area (Å²) in [7, 11) is 1.70. The second-order valence-electron chi connectivity index (χ2n) is 8.29. The van der Waals surface area contributed by atoms with Crippen LogP contribution in [0.2, 0.25) is 0 Å². The third kappa shape index (κ3) is 3.36. The fourth-order valence-electron chi connectivity index (χ4n) is 5.39. The minimum absolute atomic E-state index is 0.219. The third-order valence-electron chi connectivity index (χ3n) is 6.78. The summed E-state index contributed by atoms with van der Waals surface area (Å²) in [5.41, 5.74) is 2.13. The molecule has 3 aliphatic rings. The highest BCUT2D eigenvalue weighted by atomic mass is 16.5. The van der Waals surface area contributed by atoms with E-state index in [2.05, 4.69) is 46.6 Å². The van der Waals surface area contributed by atoms with Crippen LogP contribution in [0.4, 0.5) is 5.69 Å². The lowest BCUT2D eigenvalue weighted by Crippen LogP contribution is -2.65. The summed E-state index contributed by atoms with van der Waals surface area (Å²) in [6, 6.07) is 17.0. The maximum atomic E-state index is 6.88. The Kier molecular flexibility index (Phi) is 5.10. The third-order valence-corrected chi connectivity index (χ3v) is 6.78. The summed E-state index contributed by atoms with van der Waals surface area (Å²) in [5, 5.41) is 3.86. The molecule has 1 saturated carbocycles. The Morgan fingerprint density at radius 1 is 1.03 bits per heavy atom. The Morgan fingerprint density at radius 3 is 2.62 bits per heavy atom. The molecule has 2 aromatic rings. The van der Waals surface area contributed by atoms with Gasteiger partial charge in [0.2, 0.25) is 0 Å². The van der Waals surface area contributed by atoms with Crippen LogP contribution < -0.4 is 14.8 Å². The van der Waals surface area contributed by atoms with Gasteiger partial charge in [-0.2, -0.15) is 0 Å². The maximum Gasteiger partial charge on any atom is 0.168 e. The number of anilines is 1. The van der Waals surface area contributed by atoms with Gasteiger partial charge in [0.15, 0.2) is 5.72 Å². The molecule has 0 radical (unpaired) electrons. The van der Waals surface area contributed by atoms with Gasteiger partial charge in [0.1, 0.15) is 11.5 Å². The second-order valence-corrected chi connectivity index (χ2v) is 8.29. The molecule has 5 heteroatoms. The standard InChI is InChI=1S/C24H30N2O3/c1-27-19-11-9-18(10-12-19)25-23-20-6-2-3-8-22(20)29-24(13-5-4-7-21(23)24)26-14-16-28-17-15-26/h2-3,6,8-12,21,23,25H,4-5,7,13-17H2,1H3. The van der Waals surface area contributed by atoms with Gasteiger partial charge < -0.3 is 19.5 Å². The van der Waals surface area contributed by atoms with E-state index in [0.29, 0.717) is 5.92 Å². The molecule has 0 spiro atoms. The molecule has 2 aliphatic heterocycles. The van der Waals surface area contributed by atoms with Gasteiger partial charge in [0.05, 0.1) is 26.4 Å². The van der Waals surface area contributed by atoms with Crippen LogP contribution in [-0.4, -0.2) is 44.0 Å². The molecule has 0 bridgehead atoms. The van der Waals surface area contributed by atoms with Gasteiger partial charge in [0, 0.05) is 36.7 Å². The van der Waals surface area contributed by atoms with E-state index in [0.717, 1.165) is 49.9 Å². The van der Waals surface area contributed by atoms with E-state index in [1.807, 2.05) is 12.1 Å². The largest absolute Gasteiger partial charge is 0.497 e. The van der Waals surface area contributed by atoms with Gasteiger partial charge in [0.25, 0.3) is 0 Å². The zero-order valence-corrected chi connectivity index (χ0v) is 17.1. The fourth-order valence-corrected chi connectivity index (χ4v) is 5.39. The summed E-state index contributed by atoms with van der Waals surface area (Å²) in [4.78, 5) is 2.55. The number of para-hydroxylation sites is 1. The number of ether oxygens (including phenoxy) is 3. The van der Waals surface area contributed by atoms with Crippen molar-refractivity contribution in [2.75, 3.05) is 38.7 Å². The van der Waals surface area contributed by atoms with Gasteiger partial charge in [-0.3, -0.25) is 4.90 Å². The Balaban J connectivity index is 1.54. The van der Waals surface area contributed by atoms with Crippen LogP contribution in [0.15, 0.2) is 48.5 Å². The normalized spacial score (nSPS) is 29.3. The predicted octanol–water partition coefficient (Wildman–Crippen LogP) is 4.46. The van der Waals surface area contributed by atoms with Crippen LogP contribution in [0.1, 0.15) is 37.3 Å². The van der Waals surface area contributed by atoms with Crippen molar-refractivity contribution >= 4 is 5.69 Å². The molecule has 29 heavy (non-hydrogen) atoms. The number of methoxy groups -OCH3 is 1. The number of nitrogens with one attached hydrogen (secondary N) is 1. The van der Waals surface area contributed by atoms with Crippen LogP contribution in [-0.2, 0) is 4.74 Å². The predicted molar refractivity (Wildman–Crippen MR) is 114 cm³/mol. The zero-order valence-electron chi connectivity index (χ0n) is 17.1. The number of nitrogens with zero attached hydrogens (tertiary/aromatic N) is 1. The van der Waals surface area contributed by atoms with Crippen molar-refractivity contribution in [1.29, 1.82) is 0 Å². The van der Waals surface area contributed by atoms with Crippen molar-refractivity contribution in [2.45, 2.75) is 37.5 Å². The lowest BCUT2D eigenvalue weighted by Gasteiger charge is -2.56. The molecule has 5 rings (SSSR count). The van der Waals surface area contributed by atoms with Crippen molar-refractivity contribution in [3.05, 3.63) is 54.1 Å². The van der Waals surface area contributed by atoms with Crippen molar-refractivity contribution in [2.24, 2.45) is 5.92 Å². The fraction of sp³-hybridized carbons (Fsp3) is 0.500. The monoisotopic (exact) mass is 394 g/mol. The summed E-state index contributed by atoms with van der Waals surface area (Å²) < 4.78 is 17.9. The summed E-state index contributed by atoms with van der Waals surface area (Å²) in [5.74, 6) is 2.29. The Hall–Kier alpha value is -2.24. The molecule has 3 unspecified atom stereocenters. The first kappa shape index (κ1) is 18.8. The minimum atomic E-state index is -0.249. The highest BCUT2D eigenvalue weighted by Gasteiger charge is 2.54. The molecule has 2 aromatic carbocycles. The number of hydrogen-bond acceptors (Lipinski definition) is 5. The van der Waals surface area contributed by atoms with E-state index in [1.165, 1.54) is 24.8 Å². The molecule has 154 valence electrons. The zero-order chi connectivity index (χ0) is 19.7. The van der Waals surface area contributed by atoms with E-state index in [-0.39, 0.29) is 11.8 Å². The smallest absolute Gasteiger partial charge is 0.168 e. The number of benzene rings is 2. The first-order chi connectivity index (χ1) is 14.3.